The Labute approximate surface area is 215 Å². The molecule has 0 aliphatic rings. The van der Waals surface area contributed by atoms with Crippen LogP contribution in [0.4, 0.5) is 5.69 Å². The standard InChI is InChI=1S/C26H37N3O4S2/c1-18-7-8-20(15-19(18)2)9-14-23(17-33-24(30)26(3,4)5)28-25(34)27-16-21-10-12-22(13-11-21)29-35(6,31)32/h7-8,10-13,15,23,29H,9,14,16-17H2,1-6H3,(H2,27,28,34)/t23-/m0/s1. The van der Waals surface area contributed by atoms with E-state index >= 15 is 0 Å². The molecule has 0 spiro atoms. The van der Waals surface area contributed by atoms with Gasteiger partial charge >= 0.3 is 5.97 Å². The van der Waals surface area contributed by atoms with Crippen LogP contribution in [0.25, 0.3) is 0 Å². The smallest absolute Gasteiger partial charge is 0.311 e. The van der Waals surface area contributed by atoms with Crippen molar-refractivity contribution in [1.82, 2.24) is 10.6 Å². The molecule has 0 fully saturated rings. The molecule has 0 aromatic heterocycles. The Balaban J connectivity index is 1.96. The Bertz CT molecular complexity index is 1120. The molecule has 35 heavy (non-hydrogen) atoms. The minimum atomic E-state index is -3.31. The Hall–Kier alpha value is -2.65. The van der Waals surface area contributed by atoms with E-state index < -0.39 is 15.4 Å². The molecule has 0 heterocycles. The first-order valence-electron chi connectivity index (χ1n) is 11.6. The summed E-state index contributed by atoms with van der Waals surface area (Å²) in [5.41, 5.74) is 4.61. The molecule has 2 aromatic rings. The molecule has 1 atom stereocenters. The largest absolute Gasteiger partial charge is 0.463 e. The van der Waals surface area contributed by atoms with Gasteiger partial charge in [-0.1, -0.05) is 30.3 Å². The number of rotatable bonds is 10. The lowest BCUT2D eigenvalue weighted by Crippen LogP contribution is -2.44. The first-order valence-corrected chi connectivity index (χ1v) is 13.9. The van der Waals surface area contributed by atoms with E-state index in [9.17, 15) is 13.2 Å². The molecule has 2 aromatic carbocycles. The summed E-state index contributed by atoms with van der Waals surface area (Å²) in [5, 5.41) is 6.91. The lowest BCUT2D eigenvalue weighted by molar-refractivity contribution is -0.153. The highest BCUT2D eigenvalue weighted by Gasteiger charge is 2.24. The van der Waals surface area contributed by atoms with Crippen molar-refractivity contribution >= 4 is 39.0 Å². The van der Waals surface area contributed by atoms with Crippen LogP contribution in [0, 0.1) is 19.3 Å². The number of hydrogen-bond acceptors (Lipinski definition) is 5. The molecule has 0 aliphatic carbocycles. The maximum Gasteiger partial charge on any atom is 0.311 e. The molecule has 0 radical (unpaired) electrons. The Morgan fingerprint density at radius 1 is 1.03 bits per heavy atom. The monoisotopic (exact) mass is 519 g/mol. The van der Waals surface area contributed by atoms with Crippen molar-refractivity contribution in [3.63, 3.8) is 0 Å². The average Bonchev–Trinajstić information content (AvgIpc) is 2.75. The molecule has 0 saturated carbocycles. The van der Waals surface area contributed by atoms with E-state index in [1.165, 1.54) is 16.7 Å². The molecule has 2 rings (SSSR count). The predicted octanol–water partition coefficient (Wildman–Crippen LogP) is 4.23. The van der Waals surface area contributed by atoms with Gasteiger partial charge in [-0.3, -0.25) is 9.52 Å². The van der Waals surface area contributed by atoms with E-state index in [1.807, 2.05) is 32.9 Å². The van der Waals surface area contributed by atoms with Gasteiger partial charge in [0.1, 0.15) is 6.61 Å². The van der Waals surface area contributed by atoms with Gasteiger partial charge in [0, 0.05) is 12.2 Å². The molecule has 9 heteroatoms. The second-order valence-corrected chi connectivity index (χ2v) is 12.1. The number of ether oxygens (including phenoxy) is 1. The van der Waals surface area contributed by atoms with Crippen LogP contribution in [-0.2, 0) is 32.5 Å². The number of anilines is 1. The Morgan fingerprint density at radius 2 is 1.66 bits per heavy atom. The molecule has 0 unspecified atom stereocenters. The van der Waals surface area contributed by atoms with Gasteiger partial charge in [0.15, 0.2) is 5.11 Å². The van der Waals surface area contributed by atoms with Gasteiger partial charge in [0.05, 0.1) is 17.7 Å². The number of nitrogens with one attached hydrogen (secondary N) is 3. The number of carbonyl (C=O) groups is 1. The van der Waals surface area contributed by atoms with E-state index in [4.69, 9.17) is 17.0 Å². The number of hydrogen-bond donors (Lipinski definition) is 3. The van der Waals surface area contributed by atoms with E-state index in [1.54, 1.807) is 12.1 Å². The van der Waals surface area contributed by atoms with Crippen LogP contribution in [-0.4, -0.2) is 38.4 Å². The second-order valence-electron chi connectivity index (χ2n) is 9.90. The van der Waals surface area contributed by atoms with Gasteiger partial charge in [-0.05, 0) is 94.1 Å². The van der Waals surface area contributed by atoms with Crippen molar-refractivity contribution in [1.29, 1.82) is 0 Å². The summed E-state index contributed by atoms with van der Waals surface area (Å²) in [5.74, 6) is -0.253. The number of thiocarbonyl (C=S) groups is 1. The van der Waals surface area contributed by atoms with Crippen molar-refractivity contribution < 1.29 is 17.9 Å². The lowest BCUT2D eigenvalue weighted by Gasteiger charge is -2.23. The quantitative estimate of drug-likeness (QED) is 0.319. The summed E-state index contributed by atoms with van der Waals surface area (Å²) in [4.78, 5) is 12.3. The number of carbonyl (C=O) groups excluding carboxylic acids is 1. The molecular weight excluding hydrogens is 482 g/mol. The van der Waals surface area contributed by atoms with E-state index in [-0.39, 0.29) is 18.6 Å². The van der Waals surface area contributed by atoms with Crippen LogP contribution in [0.3, 0.4) is 0 Å². The summed E-state index contributed by atoms with van der Waals surface area (Å²) in [6.07, 6.45) is 2.68. The Kier molecular flexibility index (Phi) is 10.1. The highest BCUT2D eigenvalue weighted by molar-refractivity contribution is 7.92. The molecule has 3 N–H and O–H groups in total. The number of benzene rings is 2. The zero-order chi connectivity index (χ0) is 26.2. The van der Waals surface area contributed by atoms with Crippen LogP contribution in [0.1, 0.15) is 49.4 Å². The maximum atomic E-state index is 12.3. The summed E-state index contributed by atoms with van der Waals surface area (Å²) in [6.45, 7) is 10.4. The Morgan fingerprint density at radius 3 is 2.23 bits per heavy atom. The number of esters is 1. The van der Waals surface area contributed by atoms with Crippen LogP contribution in [0.15, 0.2) is 42.5 Å². The van der Waals surface area contributed by atoms with Crippen molar-refractivity contribution in [2.75, 3.05) is 17.6 Å². The minimum absolute atomic E-state index is 0.149. The third kappa shape index (κ3) is 10.7. The van der Waals surface area contributed by atoms with Crippen molar-refractivity contribution in [3.05, 3.63) is 64.7 Å². The van der Waals surface area contributed by atoms with Gasteiger partial charge in [-0.15, -0.1) is 0 Å². The van der Waals surface area contributed by atoms with E-state index in [0.29, 0.717) is 17.3 Å². The molecule has 0 aliphatic heterocycles. The van der Waals surface area contributed by atoms with Crippen LogP contribution in [0.2, 0.25) is 0 Å². The third-order valence-electron chi connectivity index (χ3n) is 5.43. The van der Waals surface area contributed by atoms with E-state index in [0.717, 1.165) is 24.7 Å². The summed E-state index contributed by atoms with van der Waals surface area (Å²) in [7, 11) is -3.31. The van der Waals surface area contributed by atoms with Crippen molar-refractivity contribution in [2.45, 2.75) is 60.0 Å². The van der Waals surface area contributed by atoms with Crippen molar-refractivity contribution in [2.24, 2.45) is 5.41 Å². The van der Waals surface area contributed by atoms with E-state index in [2.05, 4.69) is 47.4 Å². The zero-order valence-corrected chi connectivity index (χ0v) is 23.0. The molecule has 192 valence electrons. The summed E-state index contributed by atoms with van der Waals surface area (Å²) < 4.78 is 30.7. The highest BCUT2D eigenvalue weighted by atomic mass is 32.2. The lowest BCUT2D eigenvalue weighted by atomic mass is 9.97. The van der Waals surface area contributed by atoms with Gasteiger partial charge in [0.2, 0.25) is 10.0 Å². The van der Waals surface area contributed by atoms with Crippen LogP contribution < -0.4 is 15.4 Å². The number of aryl methyl sites for hydroxylation is 3. The third-order valence-corrected chi connectivity index (χ3v) is 6.29. The van der Waals surface area contributed by atoms with Gasteiger partial charge < -0.3 is 15.4 Å². The van der Waals surface area contributed by atoms with Crippen LogP contribution >= 0.6 is 12.2 Å². The fourth-order valence-corrected chi connectivity index (χ4v) is 4.02. The normalized spacial score (nSPS) is 12.5. The molecule has 7 nitrogen and oxygen atoms in total. The predicted molar refractivity (Wildman–Crippen MR) is 146 cm³/mol. The summed E-state index contributed by atoms with van der Waals surface area (Å²) >= 11 is 5.49. The van der Waals surface area contributed by atoms with Crippen molar-refractivity contribution in [3.8, 4) is 0 Å². The SMILES string of the molecule is Cc1ccc(CC[C@@H](COC(=O)C(C)(C)C)NC(=S)NCc2ccc(NS(C)(=O)=O)cc2)cc1C. The average molecular weight is 520 g/mol. The zero-order valence-electron chi connectivity index (χ0n) is 21.4. The van der Waals surface area contributed by atoms with Crippen LogP contribution in [0.5, 0.6) is 0 Å². The first-order chi connectivity index (χ1) is 16.2. The summed E-state index contributed by atoms with van der Waals surface area (Å²) in [6, 6.07) is 13.3. The molecular formula is C26H37N3O4S2. The number of sulfonamides is 1. The van der Waals surface area contributed by atoms with Gasteiger partial charge in [-0.25, -0.2) is 8.42 Å². The van der Waals surface area contributed by atoms with Gasteiger partial charge in [-0.2, -0.15) is 0 Å². The fraction of sp³-hybridized carbons (Fsp3) is 0.462. The fourth-order valence-electron chi connectivity index (χ4n) is 3.21. The second kappa shape index (κ2) is 12.4. The first kappa shape index (κ1) is 28.6. The minimum Gasteiger partial charge on any atom is -0.463 e. The maximum absolute atomic E-state index is 12.3. The topological polar surface area (TPSA) is 96.5 Å². The van der Waals surface area contributed by atoms with Gasteiger partial charge in [0.25, 0.3) is 0 Å². The molecule has 0 saturated heterocycles. The molecule has 0 amide bonds. The molecule has 0 bridgehead atoms. The highest BCUT2D eigenvalue weighted by Crippen LogP contribution is 2.17.